The Morgan fingerprint density at radius 3 is 2.62 bits per heavy atom. The van der Waals surface area contributed by atoms with Crippen LogP contribution in [0.15, 0.2) is 18.0 Å². The molecule has 1 saturated heterocycles. The van der Waals surface area contributed by atoms with Gasteiger partial charge in [0.05, 0.1) is 0 Å². The first kappa shape index (κ1) is 15.4. The zero-order valence-corrected chi connectivity index (χ0v) is 13.1. The fraction of sp³-hybridized carbons (Fsp3) is 0.533. The first-order valence-electron chi connectivity index (χ1n) is 7.32. The Hall–Kier alpha value is -1.95. The molecule has 114 valence electrons. The predicted octanol–water partition coefficient (Wildman–Crippen LogP) is -0.215. The minimum absolute atomic E-state index is 0.738. The number of anilines is 2. The maximum Gasteiger partial charge on any atom is 0.174 e. The maximum absolute atomic E-state index is 5.82. The van der Waals surface area contributed by atoms with E-state index in [0.29, 0.717) is 0 Å². The molecule has 0 unspecified atom stereocenters. The Kier molecular flexibility index (Phi) is 5.27. The lowest BCUT2D eigenvalue weighted by Gasteiger charge is -2.33. The number of nitrogens with one attached hydrogen (secondary N) is 1. The highest BCUT2D eigenvalue weighted by Crippen LogP contribution is 2.22. The number of piperazine rings is 1. The van der Waals surface area contributed by atoms with Gasteiger partial charge in [0.15, 0.2) is 6.21 Å². The third-order valence-corrected chi connectivity index (χ3v) is 3.61. The molecule has 0 atom stereocenters. The number of likely N-dealkylation sites (N-methyl/N-ethyl adjacent to an activating group) is 1. The third kappa shape index (κ3) is 4.01. The summed E-state index contributed by atoms with van der Waals surface area (Å²) in [6, 6.07) is 0. The molecule has 0 aliphatic carbocycles. The zero-order chi connectivity index (χ0) is 15.2. The average Bonchev–Trinajstić information content (AvgIpc) is 2.47. The standard InChI is InChI=1S/C15H24N6/c1-12(2)4-5-17-14-13(10-16)15(19-11-18-14)21-8-6-20(3)7-9-21/h4,10-11,16H,5-9H2,1-3H3,(H,17,18,19)/p+1. The van der Waals surface area contributed by atoms with Crippen LogP contribution in [0.4, 0.5) is 11.6 Å². The Morgan fingerprint density at radius 1 is 1.29 bits per heavy atom. The van der Waals surface area contributed by atoms with Gasteiger partial charge in [0, 0.05) is 32.7 Å². The zero-order valence-electron chi connectivity index (χ0n) is 13.1. The van der Waals surface area contributed by atoms with E-state index in [1.54, 1.807) is 12.5 Å². The second kappa shape index (κ2) is 7.17. The van der Waals surface area contributed by atoms with Crippen LogP contribution in [0.5, 0.6) is 0 Å². The lowest BCUT2D eigenvalue weighted by atomic mass is 10.2. The van der Waals surface area contributed by atoms with Gasteiger partial charge in [-0.05, 0) is 20.9 Å². The van der Waals surface area contributed by atoms with Gasteiger partial charge in [-0.25, -0.2) is 9.97 Å². The smallest absolute Gasteiger partial charge is 0.174 e. The summed E-state index contributed by atoms with van der Waals surface area (Å²) in [6.45, 7) is 8.88. The largest absolute Gasteiger partial charge is 0.366 e. The van der Waals surface area contributed by atoms with Crippen LogP contribution in [-0.4, -0.2) is 60.9 Å². The van der Waals surface area contributed by atoms with Crippen molar-refractivity contribution in [2.45, 2.75) is 13.8 Å². The highest BCUT2D eigenvalue weighted by atomic mass is 15.3. The van der Waals surface area contributed by atoms with E-state index >= 15 is 0 Å². The van der Waals surface area contributed by atoms with E-state index < -0.39 is 0 Å². The molecular weight excluding hydrogens is 264 g/mol. The first-order valence-corrected chi connectivity index (χ1v) is 7.32. The van der Waals surface area contributed by atoms with Gasteiger partial charge in [-0.2, -0.15) is 0 Å². The van der Waals surface area contributed by atoms with E-state index in [4.69, 9.17) is 5.41 Å². The number of rotatable bonds is 5. The molecule has 1 aliphatic rings. The monoisotopic (exact) mass is 289 g/mol. The quantitative estimate of drug-likeness (QED) is 0.579. The maximum atomic E-state index is 5.82. The highest BCUT2D eigenvalue weighted by Gasteiger charge is 2.20. The summed E-state index contributed by atoms with van der Waals surface area (Å²) in [7, 11) is 2.14. The van der Waals surface area contributed by atoms with Crippen LogP contribution in [0, 0.1) is 0 Å². The average molecular weight is 289 g/mol. The molecule has 21 heavy (non-hydrogen) atoms. The van der Waals surface area contributed by atoms with Crippen LogP contribution in [0.25, 0.3) is 0 Å². The fourth-order valence-corrected chi connectivity index (χ4v) is 2.30. The van der Waals surface area contributed by atoms with Gasteiger partial charge in [-0.15, -0.1) is 0 Å². The fourth-order valence-electron chi connectivity index (χ4n) is 2.30. The summed E-state index contributed by atoms with van der Waals surface area (Å²) >= 11 is 0. The van der Waals surface area contributed by atoms with Gasteiger partial charge in [-0.1, -0.05) is 11.6 Å². The Balaban J connectivity index is 2.18. The van der Waals surface area contributed by atoms with Crippen LogP contribution >= 0.6 is 0 Å². The van der Waals surface area contributed by atoms with Crippen LogP contribution in [0.3, 0.4) is 0 Å². The summed E-state index contributed by atoms with van der Waals surface area (Å²) in [6.07, 6.45) is 5.32. The van der Waals surface area contributed by atoms with Crippen molar-refractivity contribution in [3.63, 3.8) is 0 Å². The Labute approximate surface area is 126 Å². The van der Waals surface area contributed by atoms with Crippen molar-refractivity contribution in [2.75, 3.05) is 50.0 Å². The molecule has 0 radical (unpaired) electrons. The minimum Gasteiger partial charge on any atom is -0.366 e. The van der Waals surface area contributed by atoms with E-state index in [9.17, 15) is 0 Å². The topological polar surface area (TPSA) is 69.9 Å². The number of hydrogen-bond acceptors (Lipinski definition) is 5. The van der Waals surface area contributed by atoms with E-state index in [1.165, 1.54) is 5.57 Å². The van der Waals surface area contributed by atoms with Crippen LogP contribution in [0.1, 0.15) is 19.4 Å². The second-order valence-electron chi connectivity index (χ2n) is 5.58. The molecule has 2 heterocycles. The normalized spacial score (nSPS) is 15.7. The van der Waals surface area contributed by atoms with E-state index in [2.05, 4.69) is 52.1 Å². The molecule has 6 heteroatoms. The molecule has 2 rings (SSSR count). The molecule has 6 nitrogen and oxygen atoms in total. The number of hydrogen-bond donors (Lipinski definition) is 2. The van der Waals surface area contributed by atoms with Crippen LogP contribution < -0.4 is 15.6 Å². The van der Waals surface area contributed by atoms with Crippen molar-refractivity contribution in [1.82, 2.24) is 14.9 Å². The van der Waals surface area contributed by atoms with Crippen molar-refractivity contribution in [1.29, 1.82) is 0 Å². The molecule has 0 amide bonds. The summed E-state index contributed by atoms with van der Waals surface area (Å²) < 4.78 is 0. The van der Waals surface area contributed by atoms with Crippen molar-refractivity contribution in [3.05, 3.63) is 23.5 Å². The summed E-state index contributed by atoms with van der Waals surface area (Å²) in [5.41, 5.74) is 2.15. The SMILES string of the molecule is CC(C)=CCNc1ncnc(N2CCN(C)CC2)c1C=[NH2+]. The predicted molar refractivity (Wildman–Crippen MR) is 86.8 cm³/mol. The van der Waals surface area contributed by atoms with Gasteiger partial charge >= 0.3 is 0 Å². The van der Waals surface area contributed by atoms with Gasteiger partial charge in [0.25, 0.3) is 0 Å². The highest BCUT2D eigenvalue weighted by molar-refractivity contribution is 5.89. The molecule has 3 N–H and O–H groups in total. The van der Waals surface area contributed by atoms with Gasteiger partial charge < -0.3 is 15.1 Å². The lowest BCUT2D eigenvalue weighted by Crippen LogP contribution is -2.45. The van der Waals surface area contributed by atoms with Crippen molar-refractivity contribution >= 4 is 17.9 Å². The van der Waals surface area contributed by atoms with E-state index in [-0.39, 0.29) is 0 Å². The van der Waals surface area contributed by atoms with Crippen LogP contribution in [-0.2, 0) is 0 Å². The first-order chi connectivity index (χ1) is 10.1. The molecule has 1 aromatic rings. The Morgan fingerprint density at radius 2 is 2.00 bits per heavy atom. The molecular formula is C15H25N6+. The molecule has 0 bridgehead atoms. The number of allylic oxidation sites excluding steroid dienone is 1. The van der Waals surface area contributed by atoms with Gasteiger partial charge in [0.1, 0.15) is 23.5 Å². The molecule has 0 spiro atoms. The Bertz CT molecular complexity index is 513. The number of aromatic nitrogens is 2. The van der Waals surface area contributed by atoms with Crippen molar-refractivity contribution in [2.24, 2.45) is 0 Å². The van der Waals surface area contributed by atoms with E-state index in [1.807, 2.05) is 0 Å². The van der Waals surface area contributed by atoms with E-state index in [0.717, 1.165) is 49.9 Å². The molecule has 1 aliphatic heterocycles. The molecule has 0 aromatic carbocycles. The molecule has 1 aromatic heterocycles. The minimum atomic E-state index is 0.738. The molecule has 1 fully saturated rings. The number of nitrogens with zero attached hydrogens (tertiary/aromatic N) is 4. The lowest BCUT2D eigenvalue weighted by molar-refractivity contribution is -0.104. The second-order valence-corrected chi connectivity index (χ2v) is 5.58. The van der Waals surface area contributed by atoms with Crippen LogP contribution in [0.2, 0.25) is 0 Å². The van der Waals surface area contributed by atoms with Gasteiger partial charge in [-0.3, -0.25) is 5.41 Å². The summed E-state index contributed by atoms with van der Waals surface area (Å²) in [5.74, 6) is 1.71. The number of nitrogens with two attached hydrogens (primary N) is 1. The van der Waals surface area contributed by atoms with Gasteiger partial charge in [0.2, 0.25) is 0 Å². The van der Waals surface area contributed by atoms with Crippen molar-refractivity contribution in [3.8, 4) is 0 Å². The summed E-state index contributed by atoms with van der Waals surface area (Å²) in [5, 5.41) is 9.13. The third-order valence-electron chi connectivity index (χ3n) is 3.61. The summed E-state index contributed by atoms with van der Waals surface area (Å²) in [4.78, 5) is 13.3. The molecule has 0 saturated carbocycles. The van der Waals surface area contributed by atoms with Crippen molar-refractivity contribution < 1.29 is 5.41 Å².